The fourth-order valence-electron chi connectivity index (χ4n) is 5.16. The summed E-state index contributed by atoms with van der Waals surface area (Å²) >= 11 is 0. The van der Waals surface area contributed by atoms with Gasteiger partial charge in [0.25, 0.3) is 0 Å². The van der Waals surface area contributed by atoms with Crippen LogP contribution in [0.5, 0.6) is 0 Å². The largest absolute Gasteiger partial charge is 0.341 e. The summed E-state index contributed by atoms with van der Waals surface area (Å²) in [4.78, 5) is 31.4. The number of anilines is 1. The van der Waals surface area contributed by atoms with Crippen molar-refractivity contribution in [1.29, 1.82) is 0 Å². The van der Waals surface area contributed by atoms with Crippen LogP contribution in [0.25, 0.3) is 0 Å². The monoisotopic (exact) mass is 416 g/mol. The van der Waals surface area contributed by atoms with Crippen LogP contribution < -0.4 is 5.32 Å². The standard InChI is InChI=1S/C23H33FN4O2/c24-20-5-7-21(8-6-20)25-22(29)16-26-11-13-27(14-12-26)17-23(30)28-10-9-18-3-1-2-4-19(18)15-28/h5-8,18-19H,1-4,9-17H2,(H,25,29)/t18-,19-/m0/s1. The van der Waals surface area contributed by atoms with Crippen molar-refractivity contribution < 1.29 is 14.0 Å². The van der Waals surface area contributed by atoms with Gasteiger partial charge >= 0.3 is 0 Å². The summed E-state index contributed by atoms with van der Waals surface area (Å²) in [5.74, 6) is 1.41. The Morgan fingerprint density at radius 2 is 1.50 bits per heavy atom. The smallest absolute Gasteiger partial charge is 0.238 e. The van der Waals surface area contributed by atoms with E-state index in [1.54, 1.807) is 12.1 Å². The lowest BCUT2D eigenvalue weighted by atomic mass is 9.75. The molecule has 0 spiro atoms. The van der Waals surface area contributed by atoms with Gasteiger partial charge in [0.1, 0.15) is 5.82 Å². The van der Waals surface area contributed by atoms with Crippen molar-refractivity contribution in [1.82, 2.24) is 14.7 Å². The van der Waals surface area contributed by atoms with E-state index < -0.39 is 0 Å². The summed E-state index contributed by atoms with van der Waals surface area (Å²) in [6.07, 6.45) is 6.49. The number of rotatable bonds is 5. The highest BCUT2D eigenvalue weighted by Crippen LogP contribution is 2.36. The SMILES string of the molecule is O=C(CN1CCN(CC(=O)N2CC[C@@H]3CCCC[C@H]3C2)CC1)Nc1ccc(F)cc1. The number of piperidine rings is 1. The molecule has 3 aliphatic rings. The molecule has 7 heteroatoms. The summed E-state index contributed by atoms with van der Waals surface area (Å²) < 4.78 is 13.0. The molecule has 2 aliphatic heterocycles. The molecule has 2 heterocycles. The summed E-state index contributed by atoms with van der Waals surface area (Å²) in [5, 5.41) is 2.80. The molecule has 2 amide bonds. The lowest BCUT2D eigenvalue weighted by Gasteiger charge is -2.42. The first-order valence-electron chi connectivity index (χ1n) is 11.3. The van der Waals surface area contributed by atoms with Crippen LogP contribution in [0.2, 0.25) is 0 Å². The van der Waals surface area contributed by atoms with Gasteiger partial charge in [-0.05, 0) is 48.9 Å². The molecule has 0 radical (unpaired) electrons. The third-order valence-electron chi connectivity index (χ3n) is 6.96. The van der Waals surface area contributed by atoms with E-state index in [0.717, 1.165) is 45.2 Å². The van der Waals surface area contributed by atoms with E-state index in [-0.39, 0.29) is 17.6 Å². The van der Waals surface area contributed by atoms with E-state index in [0.29, 0.717) is 24.7 Å². The molecule has 0 bridgehead atoms. The number of piperazine rings is 1. The molecule has 1 N–H and O–H groups in total. The molecule has 3 fully saturated rings. The van der Waals surface area contributed by atoms with E-state index in [4.69, 9.17) is 0 Å². The Hall–Kier alpha value is -1.99. The van der Waals surface area contributed by atoms with Gasteiger partial charge in [-0.2, -0.15) is 0 Å². The number of carbonyl (C=O) groups is 2. The van der Waals surface area contributed by atoms with Crippen LogP contribution in [-0.2, 0) is 9.59 Å². The molecule has 1 aliphatic carbocycles. The normalized spacial score (nSPS) is 25.6. The Balaban J connectivity index is 1.17. The van der Waals surface area contributed by atoms with Gasteiger partial charge in [-0.3, -0.25) is 19.4 Å². The van der Waals surface area contributed by atoms with E-state index in [9.17, 15) is 14.0 Å². The molecular weight excluding hydrogens is 383 g/mol. The summed E-state index contributed by atoms with van der Waals surface area (Å²) in [5.41, 5.74) is 0.604. The van der Waals surface area contributed by atoms with Crippen LogP contribution in [0.4, 0.5) is 10.1 Å². The molecule has 4 rings (SSSR count). The quantitative estimate of drug-likeness (QED) is 0.801. The lowest BCUT2D eigenvalue weighted by Crippen LogP contribution is -2.53. The van der Waals surface area contributed by atoms with Crippen LogP contribution in [0.3, 0.4) is 0 Å². The highest BCUT2D eigenvalue weighted by Gasteiger charge is 2.33. The predicted octanol–water partition coefficient (Wildman–Crippen LogP) is 2.42. The number of likely N-dealkylation sites (tertiary alicyclic amines) is 1. The summed E-state index contributed by atoms with van der Waals surface area (Å²) in [6.45, 7) is 5.83. The van der Waals surface area contributed by atoms with Gasteiger partial charge in [0.05, 0.1) is 13.1 Å². The second-order valence-electron chi connectivity index (χ2n) is 9.04. The number of hydrogen-bond donors (Lipinski definition) is 1. The molecule has 30 heavy (non-hydrogen) atoms. The van der Waals surface area contributed by atoms with Gasteiger partial charge in [0.2, 0.25) is 11.8 Å². The Kier molecular flexibility index (Phi) is 7.00. The first-order valence-corrected chi connectivity index (χ1v) is 11.3. The maximum Gasteiger partial charge on any atom is 0.238 e. The highest BCUT2D eigenvalue weighted by molar-refractivity contribution is 5.92. The van der Waals surface area contributed by atoms with E-state index in [1.165, 1.54) is 44.2 Å². The first kappa shape index (κ1) is 21.2. The first-order chi connectivity index (χ1) is 14.6. The molecule has 2 atom stereocenters. The maximum absolute atomic E-state index is 13.0. The maximum atomic E-state index is 13.0. The number of nitrogens with one attached hydrogen (secondary N) is 1. The van der Waals surface area contributed by atoms with Gasteiger partial charge in [-0.15, -0.1) is 0 Å². The van der Waals surface area contributed by atoms with Crippen molar-refractivity contribution in [3.63, 3.8) is 0 Å². The fourth-order valence-corrected chi connectivity index (χ4v) is 5.16. The average Bonchev–Trinajstić information content (AvgIpc) is 2.76. The number of carbonyl (C=O) groups excluding carboxylic acids is 2. The van der Waals surface area contributed by atoms with Crippen LogP contribution in [0.1, 0.15) is 32.1 Å². The zero-order valence-electron chi connectivity index (χ0n) is 17.7. The van der Waals surface area contributed by atoms with E-state index >= 15 is 0 Å². The molecule has 1 aromatic carbocycles. The number of halogens is 1. The van der Waals surface area contributed by atoms with E-state index in [1.807, 2.05) is 0 Å². The van der Waals surface area contributed by atoms with Crippen molar-refractivity contribution in [2.75, 3.05) is 57.7 Å². The summed E-state index contributed by atoms with van der Waals surface area (Å²) in [7, 11) is 0. The lowest BCUT2D eigenvalue weighted by molar-refractivity contribution is -0.136. The second kappa shape index (κ2) is 9.88. The van der Waals surface area contributed by atoms with Gasteiger partial charge < -0.3 is 10.2 Å². The Morgan fingerprint density at radius 1 is 0.867 bits per heavy atom. The van der Waals surface area contributed by atoms with Crippen LogP contribution in [0.15, 0.2) is 24.3 Å². The van der Waals surface area contributed by atoms with E-state index in [2.05, 4.69) is 20.0 Å². The zero-order chi connectivity index (χ0) is 20.9. The minimum atomic E-state index is -0.318. The van der Waals surface area contributed by atoms with Gasteiger partial charge in [-0.1, -0.05) is 19.3 Å². The Morgan fingerprint density at radius 3 is 2.20 bits per heavy atom. The number of benzene rings is 1. The second-order valence-corrected chi connectivity index (χ2v) is 9.04. The third-order valence-corrected chi connectivity index (χ3v) is 6.96. The topological polar surface area (TPSA) is 55.9 Å². The fraction of sp³-hybridized carbons (Fsp3) is 0.652. The molecule has 164 valence electrons. The van der Waals surface area contributed by atoms with Crippen LogP contribution >= 0.6 is 0 Å². The van der Waals surface area contributed by atoms with Gasteiger partial charge in [0.15, 0.2) is 0 Å². The molecule has 1 aromatic rings. The average molecular weight is 417 g/mol. The van der Waals surface area contributed by atoms with Crippen LogP contribution in [0, 0.1) is 17.7 Å². The number of amides is 2. The molecular formula is C23H33FN4O2. The molecule has 6 nitrogen and oxygen atoms in total. The Bertz CT molecular complexity index is 733. The van der Waals surface area contributed by atoms with Crippen LogP contribution in [-0.4, -0.2) is 78.9 Å². The molecule has 1 saturated carbocycles. The minimum Gasteiger partial charge on any atom is -0.341 e. The third kappa shape index (κ3) is 5.58. The molecule has 0 aromatic heterocycles. The van der Waals surface area contributed by atoms with Crippen molar-refractivity contribution in [3.05, 3.63) is 30.1 Å². The van der Waals surface area contributed by atoms with Crippen molar-refractivity contribution in [3.8, 4) is 0 Å². The van der Waals surface area contributed by atoms with Crippen molar-refractivity contribution in [2.45, 2.75) is 32.1 Å². The summed E-state index contributed by atoms with van der Waals surface area (Å²) in [6, 6.07) is 5.80. The van der Waals surface area contributed by atoms with Crippen molar-refractivity contribution >= 4 is 17.5 Å². The van der Waals surface area contributed by atoms with Gasteiger partial charge in [0, 0.05) is 45.0 Å². The molecule has 0 unspecified atom stereocenters. The number of fused-ring (bicyclic) bond motifs is 1. The van der Waals surface area contributed by atoms with Crippen molar-refractivity contribution in [2.24, 2.45) is 11.8 Å². The number of hydrogen-bond acceptors (Lipinski definition) is 4. The predicted molar refractivity (Wildman–Crippen MR) is 115 cm³/mol. The zero-order valence-corrected chi connectivity index (χ0v) is 17.7. The Labute approximate surface area is 178 Å². The highest BCUT2D eigenvalue weighted by atomic mass is 19.1. The number of nitrogens with zero attached hydrogens (tertiary/aromatic N) is 3. The van der Waals surface area contributed by atoms with Gasteiger partial charge in [-0.25, -0.2) is 4.39 Å². The minimum absolute atomic E-state index is 0.0958. The molecule has 2 saturated heterocycles.